The van der Waals surface area contributed by atoms with Crippen molar-refractivity contribution in [2.24, 2.45) is 5.92 Å². The summed E-state index contributed by atoms with van der Waals surface area (Å²) < 4.78 is 5.17. The number of likely N-dealkylation sites (tertiary alicyclic amines) is 1. The Bertz CT molecular complexity index is 292. The summed E-state index contributed by atoms with van der Waals surface area (Å²) in [6.45, 7) is 2.33. The molecule has 2 rings (SSSR count). The van der Waals surface area contributed by atoms with E-state index in [4.69, 9.17) is 4.74 Å². The van der Waals surface area contributed by atoms with Crippen LogP contribution in [0.5, 0.6) is 0 Å². The molecule has 0 aromatic rings. The van der Waals surface area contributed by atoms with Crippen LogP contribution in [0.3, 0.4) is 0 Å². The molecule has 5 heteroatoms. The van der Waals surface area contributed by atoms with Gasteiger partial charge in [-0.2, -0.15) is 0 Å². The van der Waals surface area contributed by atoms with Crippen molar-refractivity contribution in [1.82, 2.24) is 10.2 Å². The molecule has 1 aliphatic carbocycles. The van der Waals surface area contributed by atoms with Crippen LogP contribution in [-0.2, 0) is 9.53 Å². The van der Waals surface area contributed by atoms with Gasteiger partial charge < -0.3 is 15.2 Å². The molecule has 110 valence electrons. The molecule has 1 saturated carbocycles. The first-order valence-electron chi connectivity index (χ1n) is 7.39. The summed E-state index contributed by atoms with van der Waals surface area (Å²) in [7, 11) is 1.60. The monoisotopic (exact) mass is 270 g/mol. The van der Waals surface area contributed by atoms with Crippen molar-refractivity contribution in [3.63, 3.8) is 0 Å². The summed E-state index contributed by atoms with van der Waals surface area (Å²) in [5, 5.41) is 12.7. The second-order valence-electron chi connectivity index (χ2n) is 5.84. The number of methoxy groups -OCH3 is 1. The first kappa shape index (κ1) is 14.8. The van der Waals surface area contributed by atoms with Gasteiger partial charge in [-0.25, -0.2) is 0 Å². The average Bonchev–Trinajstić information content (AvgIpc) is 2.77. The molecule has 2 atom stereocenters. The Morgan fingerprint density at radius 2 is 2.05 bits per heavy atom. The summed E-state index contributed by atoms with van der Waals surface area (Å²) in [5.74, 6) is 0.725. The summed E-state index contributed by atoms with van der Waals surface area (Å²) in [6.07, 6.45) is 5.79. The number of rotatable bonds is 5. The Morgan fingerprint density at radius 1 is 1.32 bits per heavy atom. The van der Waals surface area contributed by atoms with Crippen LogP contribution in [0.1, 0.15) is 32.1 Å². The summed E-state index contributed by atoms with van der Waals surface area (Å²) in [5.41, 5.74) is 0. The van der Waals surface area contributed by atoms with Crippen LogP contribution in [0.25, 0.3) is 0 Å². The van der Waals surface area contributed by atoms with Gasteiger partial charge in [0.05, 0.1) is 18.8 Å². The lowest BCUT2D eigenvalue weighted by Crippen LogP contribution is -2.39. The Morgan fingerprint density at radius 3 is 2.68 bits per heavy atom. The van der Waals surface area contributed by atoms with Crippen molar-refractivity contribution in [2.45, 2.75) is 44.3 Å². The average molecular weight is 270 g/mol. The predicted octanol–water partition coefficient (Wildman–Crippen LogP) is 0.374. The molecule has 1 aliphatic heterocycles. The zero-order valence-electron chi connectivity index (χ0n) is 11.8. The van der Waals surface area contributed by atoms with E-state index in [2.05, 4.69) is 5.32 Å². The molecule has 19 heavy (non-hydrogen) atoms. The summed E-state index contributed by atoms with van der Waals surface area (Å²) in [6, 6.07) is 0. The molecule has 0 aromatic heterocycles. The van der Waals surface area contributed by atoms with E-state index in [0.717, 1.165) is 6.54 Å². The van der Waals surface area contributed by atoms with Gasteiger partial charge >= 0.3 is 0 Å². The van der Waals surface area contributed by atoms with Gasteiger partial charge in [0.15, 0.2) is 0 Å². The largest absolute Gasteiger partial charge is 0.389 e. The molecular weight excluding hydrogens is 244 g/mol. The molecule has 0 bridgehead atoms. The van der Waals surface area contributed by atoms with Crippen molar-refractivity contribution in [3.8, 4) is 0 Å². The predicted molar refractivity (Wildman–Crippen MR) is 72.8 cm³/mol. The van der Waals surface area contributed by atoms with Gasteiger partial charge in [0.25, 0.3) is 0 Å². The van der Waals surface area contributed by atoms with Gasteiger partial charge in [-0.05, 0) is 18.8 Å². The fourth-order valence-corrected chi connectivity index (χ4v) is 3.10. The van der Waals surface area contributed by atoms with Gasteiger partial charge in [0.1, 0.15) is 0 Å². The summed E-state index contributed by atoms with van der Waals surface area (Å²) >= 11 is 0. The number of ether oxygens (including phenoxy) is 1. The molecular formula is C14H26N2O3. The van der Waals surface area contributed by atoms with E-state index in [0.29, 0.717) is 25.6 Å². The normalized spacial score (nSPS) is 29.6. The zero-order chi connectivity index (χ0) is 13.7. The standard InChI is InChI=1S/C14H26N2O3/c1-19-13-9-16(8-12(13)17)10-14(18)15-7-11-5-3-2-4-6-11/h11-13,17H,2-10H2,1H3,(H,15,18)/t12-,13-/m0/s1. The third-order valence-corrected chi connectivity index (χ3v) is 4.30. The van der Waals surface area contributed by atoms with Gasteiger partial charge in [-0.1, -0.05) is 19.3 Å². The van der Waals surface area contributed by atoms with E-state index < -0.39 is 6.10 Å². The number of hydrogen-bond donors (Lipinski definition) is 2. The highest BCUT2D eigenvalue weighted by molar-refractivity contribution is 5.78. The number of nitrogens with zero attached hydrogens (tertiary/aromatic N) is 1. The smallest absolute Gasteiger partial charge is 0.234 e. The SMILES string of the molecule is CO[C@H]1CN(CC(=O)NCC2CCCCC2)C[C@@H]1O. The van der Waals surface area contributed by atoms with Crippen LogP contribution in [0.15, 0.2) is 0 Å². The third kappa shape index (κ3) is 4.44. The van der Waals surface area contributed by atoms with Crippen molar-refractivity contribution in [3.05, 3.63) is 0 Å². The number of nitrogens with one attached hydrogen (secondary N) is 1. The van der Waals surface area contributed by atoms with E-state index in [1.807, 2.05) is 4.90 Å². The Labute approximate surface area is 115 Å². The van der Waals surface area contributed by atoms with E-state index in [1.165, 1.54) is 32.1 Å². The van der Waals surface area contributed by atoms with E-state index >= 15 is 0 Å². The maximum atomic E-state index is 11.9. The minimum atomic E-state index is -0.476. The molecule has 5 nitrogen and oxygen atoms in total. The van der Waals surface area contributed by atoms with Crippen LogP contribution in [0.2, 0.25) is 0 Å². The molecule has 2 fully saturated rings. The zero-order valence-corrected chi connectivity index (χ0v) is 11.8. The second kappa shape index (κ2) is 7.22. The number of amides is 1. The molecule has 0 aromatic carbocycles. The lowest BCUT2D eigenvalue weighted by Gasteiger charge is -2.22. The molecule has 0 unspecified atom stereocenters. The Balaban J connectivity index is 1.64. The molecule has 2 N–H and O–H groups in total. The highest BCUT2D eigenvalue weighted by atomic mass is 16.5. The van der Waals surface area contributed by atoms with Gasteiger partial charge in [-0.15, -0.1) is 0 Å². The van der Waals surface area contributed by atoms with Crippen LogP contribution in [0, 0.1) is 5.92 Å². The van der Waals surface area contributed by atoms with Gasteiger partial charge in [0.2, 0.25) is 5.91 Å². The number of carbonyl (C=O) groups excluding carboxylic acids is 1. The van der Waals surface area contributed by atoms with Crippen LogP contribution in [0.4, 0.5) is 0 Å². The number of aliphatic hydroxyl groups is 1. The maximum absolute atomic E-state index is 11.9. The molecule has 1 saturated heterocycles. The lowest BCUT2D eigenvalue weighted by molar-refractivity contribution is -0.122. The first-order valence-corrected chi connectivity index (χ1v) is 7.39. The fourth-order valence-electron chi connectivity index (χ4n) is 3.10. The van der Waals surface area contributed by atoms with Crippen molar-refractivity contribution < 1.29 is 14.6 Å². The quantitative estimate of drug-likeness (QED) is 0.758. The van der Waals surface area contributed by atoms with E-state index in [9.17, 15) is 9.90 Å². The van der Waals surface area contributed by atoms with Crippen molar-refractivity contribution >= 4 is 5.91 Å². The van der Waals surface area contributed by atoms with Crippen LogP contribution >= 0.6 is 0 Å². The van der Waals surface area contributed by atoms with E-state index in [1.54, 1.807) is 7.11 Å². The number of β-amino-alcohol motifs (C(OH)–C–C–N with tert-alkyl or cyclic N) is 1. The number of hydrogen-bond acceptors (Lipinski definition) is 4. The highest BCUT2D eigenvalue weighted by Crippen LogP contribution is 2.22. The number of carbonyl (C=O) groups is 1. The molecule has 0 radical (unpaired) electrons. The summed E-state index contributed by atoms with van der Waals surface area (Å²) in [4.78, 5) is 13.8. The molecule has 2 aliphatic rings. The van der Waals surface area contributed by atoms with Crippen LogP contribution < -0.4 is 5.32 Å². The number of aliphatic hydroxyl groups excluding tert-OH is 1. The van der Waals surface area contributed by atoms with E-state index in [-0.39, 0.29) is 12.0 Å². The highest BCUT2D eigenvalue weighted by Gasteiger charge is 2.32. The minimum Gasteiger partial charge on any atom is -0.389 e. The fraction of sp³-hybridized carbons (Fsp3) is 0.929. The van der Waals surface area contributed by atoms with Crippen molar-refractivity contribution in [1.29, 1.82) is 0 Å². The first-order chi connectivity index (χ1) is 9.19. The van der Waals surface area contributed by atoms with Gasteiger partial charge in [0, 0.05) is 26.7 Å². The second-order valence-corrected chi connectivity index (χ2v) is 5.84. The molecule has 1 amide bonds. The lowest BCUT2D eigenvalue weighted by atomic mass is 9.89. The third-order valence-electron chi connectivity index (χ3n) is 4.30. The topological polar surface area (TPSA) is 61.8 Å². The minimum absolute atomic E-state index is 0.0644. The Kier molecular flexibility index (Phi) is 5.60. The van der Waals surface area contributed by atoms with Crippen LogP contribution in [-0.4, -0.2) is 61.4 Å². The Hall–Kier alpha value is -0.650. The maximum Gasteiger partial charge on any atom is 0.234 e. The molecule has 1 heterocycles. The van der Waals surface area contributed by atoms with Crippen molar-refractivity contribution in [2.75, 3.05) is 33.3 Å². The van der Waals surface area contributed by atoms with Gasteiger partial charge in [-0.3, -0.25) is 9.69 Å². The molecule has 0 spiro atoms.